The molecular formula is C16H20FN3O3S. The maximum atomic E-state index is 14.0. The smallest absolute Gasteiger partial charge is 0.338 e. The van der Waals surface area contributed by atoms with Crippen LogP contribution in [0.1, 0.15) is 40.0 Å². The first-order chi connectivity index (χ1) is 11.3. The number of aromatic carboxylic acids is 1. The van der Waals surface area contributed by atoms with Gasteiger partial charge in [-0.05, 0) is 36.8 Å². The first-order valence-electron chi connectivity index (χ1n) is 7.78. The van der Waals surface area contributed by atoms with Crippen molar-refractivity contribution in [2.45, 2.75) is 19.3 Å². The zero-order chi connectivity index (χ0) is 17.5. The Bertz CT molecular complexity index is 691. The molecule has 1 aliphatic heterocycles. The Kier molecular flexibility index (Phi) is 4.44. The van der Waals surface area contributed by atoms with Gasteiger partial charge in [-0.25, -0.2) is 13.5 Å². The Balaban J connectivity index is 1.73. The van der Waals surface area contributed by atoms with Crippen LogP contribution in [0.4, 0.5) is 10.1 Å². The number of benzene rings is 1. The standard InChI is InChI=1S/C16H20FN3O3S/c1-19(2)13-8-10(15(22)23)12(17)7-11(13)14(21)18-24-20-6-5-16(9-20)3-4-16/h7-8H,3-6,9H2,1-2H3,(H,18,21)(H,22,23). The van der Waals surface area contributed by atoms with Gasteiger partial charge in [-0.2, -0.15) is 0 Å². The lowest BCUT2D eigenvalue weighted by Crippen LogP contribution is -2.26. The molecule has 1 aromatic rings. The maximum Gasteiger partial charge on any atom is 0.338 e. The molecule has 0 unspecified atom stereocenters. The predicted molar refractivity (Wildman–Crippen MR) is 90.6 cm³/mol. The van der Waals surface area contributed by atoms with Crippen molar-refractivity contribution in [1.82, 2.24) is 9.03 Å². The van der Waals surface area contributed by atoms with Crippen LogP contribution in [0.15, 0.2) is 12.1 Å². The molecule has 1 saturated heterocycles. The van der Waals surface area contributed by atoms with Crippen LogP contribution in [0, 0.1) is 11.2 Å². The molecule has 2 fully saturated rings. The second-order valence-electron chi connectivity index (χ2n) is 6.68. The molecule has 6 nitrogen and oxygen atoms in total. The van der Waals surface area contributed by atoms with Gasteiger partial charge < -0.3 is 10.0 Å². The average molecular weight is 353 g/mol. The van der Waals surface area contributed by atoms with Crippen molar-refractivity contribution >= 4 is 29.7 Å². The van der Waals surface area contributed by atoms with Crippen LogP contribution in [0.5, 0.6) is 0 Å². The van der Waals surface area contributed by atoms with Crippen LogP contribution in [-0.4, -0.2) is 48.5 Å². The number of hydrogen-bond acceptors (Lipinski definition) is 5. The molecule has 2 N–H and O–H groups in total. The van der Waals surface area contributed by atoms with Crippen molar-refractivity contribution < 1.29 is 19.1 Å². The largest absolute Gasteiger partial charge is 0.478 e. The predicted octanol–water partition coefficient (Wildman–Crippen LogP) is 2.37. The fourth-order valence-electron chi connectivity index (χ4n) is 3.00. The fraction of sp³-hybridized carbons (Fsp3) is 0.500. The fourth-order valence-corrected chi connectivity index (χ4v) is 3.84. The second kappa shape index (κ2) is 6.25. The molecule has 1 amide bonds. The van der Waals surface area contributed by atoms with E-state index in [4.69, 9.17) is 5.11 Å². The Morgan fingerprint density at radius 1 is 1.29 bits per heavy atom. The average Bonchev–Trinajstić information content (AvgIpc) is 3.15. The van der Waals surface area contributed by atoms with E-state index < -0.39 is 23.3 Å². The number of hydrogen-bond donors (Lipinski definition) is 2. The minimum absolute atomic E-state index is 0.121. The molecule has 24 heavy (non-hydrogen) atoms. The molecule has 1 aromatic carbocycles. The van der Waals surface area contributed by atoms with Crippen LogP contribution >= 0.6 is 12.1 Å². The van der Waals surface area contributed by atoms with Gasteiger partial charge in [0.25, 0.3) is 5.91 Å². The second-order valence-corrected chi connectivity index (χ2v) is 7.59. The molecule has 1 heterocycles. The Hall–Kier alpha value is -1.80. The third-order valence-corrected chi connectivity index (χ3v) is 5.52. The minimum atomic E-state index is -1.36. The zero-order valence-corrected chi connectivity index (χ0v) is 14.5. The van der Waals surface area contributed by atoms with E-state index in [1.165, 1.54) is 31.0 Å². The van der Waals surface area contributed by atoms with E-state index in [1.54, 1.807) is 19.0 Å². The van der Waals surface area contributed by atoms with Crippen LogP contribution in [-0.2, 0) is 0 Å². The molecule has 1 spiro atoms. The SMILES string of the molecule is CN(C)c1cc(C(=O)O)c(F)cc1C(=O)NSN1CCC2(CC2)C1. The number of carbonyl (C=O) groups excluding carboxylic acids is 1. The first kappa shape index (κ1) is 17.0. The summed E-state index contributed by atoms with van der Waals surface area (Å²) >= 11 is 1.24. The van der Waals surface area contributed by atoms with Crippen LogP contribution in [0.3, 0.4) is 0 Å². The zero-order valence-electron chi connectivity index (χ0n) is 13.6. The van der Waals surface area contributed by atoms with E-state index in [-0.39, 0.29) is 5.56 Å². The summed E-state index contributed by atoms with van der Waals surface area (Å²) in [5.74, 6) is -2.71. The summed E-state index contributed by atoms with van der Waals surface area (Å²) in [5, 5.41) is 9.03. The van der Waals surface area contributed by atoms with Crippen molar-refractivity contribution in [2.75, 3.05) is 32.1 Å². The highest BCUT2D eigenvalue weighted by Gasteiger charge is 2.47. The highest BCUT2D eigenvalue weighted by atomic mass is 32.2. The van der Waals surface area contributed by atoms with Gasteiger partial charge in [0.2, 0.25) is 0 Å². The van der Waals surface area contributed by atoms with E-state index in [0.717, 1.165) is 25.6 Å². The minimum Gasteiger partial charge on any atom is -0.478 e. The van der Waals surface area contributed by atoms with E-state index >= 15 is 0 Å². The van der Waals surface area contributed by atoms with Gasteiger partial charge in [0.05, 0.1) is 16.8 Å². The van der Waals surface area contributed by atoms with E-state index in [1.807, 2.05) is 0 Å². The van der Waals surface area contributed by atoms with Gasteiger partial charge in [-0.1, -0.05) is 0 Å². The molecule has 8 heteroatoms. The van der Waals surface area contributed by atoms with Crippen molar-refractivity contribution in [3.63, 3.8) is 0 Å². The Morgan fingerprint density at radius 3 is 2.54 bits per heavy atom. The highest BCUT2D eigenvalue weighted by molar-refractivity contribution is 7.95. The third kappa shape index (κ3) is 3.34. The maximum absolute atomic E-state index is 14.0. The summed E-state index contributed by atoms with van der Waals surface area (Å²) in [6.45, 7) is 1.89. The number of carboxylic acids is 1. The van der Waals surface area contributed by atoms with Crippen LogP contribution < -0.4 is 9.62 Å². The first-order valence-corrected chi connectivity index (χ1v) is 8.55. The lowest BCUT2D eigenvalue weighted by Gasteiger charge is -2.19. The number of carbonyl (C=O) groups is 2. The lowest BCUT2D eigenvalue weighted by atomic mass is 10.1. The molecule has 0 radical (unpaired) electrons. The molecule has 0 aromatic heterocycles. The van der Waals surface area contributed by atoms with Crippen LogP contribution in [0.25, 0.3) is 0 Å². The topological polar surface area (TPSA) is 72.9 Å². The van der Waals surface area contributed by atoms with E-state index in [0.29, 0.717) is 11.1 Å². The number of halogens is 1. The van der Waals surface area contributed by atoms with Gasteiger partial charge in [0.1, 0.15) is 5.82 Å². The van der Waals surface area contributed by atoms with Gasteiger partial charge in [-0.15, -0.1) is 0 Å². The Morgan fingerprint density at radius 2 is 2.00 bits per heavy atom. The number of carboxylic acid groups (broad SMARTS) is 1. The van der Waals surface area contributed by atoms with Crippen molar-refractivity contribution in [1.29, 1.82) is 0 Å². The Labute approximate surface area is 144 Å². The van der Waals surface area contributed by atoms with Crippen molar-refractivity contribution in [3.05, 3.63) is 29.1 Å². The van der Waals surface area contributed by atoms with Gasteiger partial charge in [-0.3, -0.25) is 9.52 Å². The summed E-state index contributed by atoms with van der Waals surface area (Å²) in [6.07, 6.45) is 3.66. The molecule has 2 aliphatic rings. The molecule has 3 rings (SSSR count). The molecule has 1 saturated carbocycles. The van der Waals surface area contributed by atoms with E-state index in [9.17, 15) is 14.0 Å². The quantitative estimate of drug-likeness (QED) is 0.792. The molecule has 0 atom stereocenters. The third-order valence-electron chi connectivity index (χ3n) is 4.67. The van der Waals surface area contributed by atoms with Crippen molar-refractivity contribution in [2.24, 2.45) is 5.41 Å². The molecular weight excluding hydrogens is 333 g/mol. The number of nitrogens with one attached hydrogen (secondary N) is 1. The normalized spacial score (nSPS) is 18.6. The monoisotopic (exact) mass is 353 g/mol. The summed E-state index contributed by atoms with van der Waals surface area (Å²) in [5.41, 5.74) is 0.502. The highest BCUT2D eigenvalue weighted by Crippen LogP contribution is 2.53. The summed E-state index contributed by atoms with van der Waals surface area (Å²) in [7, 11) is 3.36. The van der Waals surface area contributed by atoms with Gasteiger partial charge in [0.15, 0.2) is 0 Å². The lowest BCUT2D eigenvalue weighted by molar-refractivity contribution is 0.0691. The number of rotatable bonds is 5. The van der Waals surface area contributed by atoms with Crippen molar-refractivity contribution in [3.8, 4) is 0 Å². The van der Waals surface area contributed by atoms with Crippen LogP contribution in [0.2, 0.25) is 0 Å². The van der Waals surface area contributed by atoms with Gasteiger partial charge in [0, 0.05) is 39.3 Å². The molecule has 1 aliphatic carbocycles. The van der Waals surface area contributed by atoms with Gasteiger partial charge >= 0.3 is 5.97 Å². The summed E-state index contributed by atoms with van der Waals surface area (Å²) in [6, 6.07) is 2.17. The number of amides is 1. The summed E-state index contributed by atoms with van der Waals surface area (Å²) in [4.78, 5) is 25.1. The number of nitrogens with zero attached hydrogens (tertiary/aromatic N) is 2. The summed E-state index contributed by atoms with van der Waals surface area (Å²) < 4.78 is 18.8. The molecule has 0 bridgehead atoms. The number of anilines is 1. The molecule has 130 valence electrons. The van der Waals surface area contributed by atoms with E-state index in [2.05, 4.69) is 9.03 Å².